The number of aromatic nitrogens is 3. The molecule has 7 nitrogen and oxygen atoms in total. The van der Waals surface area contributed by atoms with Crippen molar-refractivity contribution in [2.75, 3.05) is 0 Å². The molecule has 0 fully saturated rings. The van der Waals surface area contributed by atoms with Gasteiger partial charge in [0.15, 0.2) is 5.76 Å². The van der Waals surface area contributed by atoms with Crippen molar-refractivity contribution in [2.24, 2.45) is 17.8 Å². The van der Waals surface area contributed by atoms with E-state index in [2.05, 4.69) is 24.1 Å². The maximum absolute atomic E-state index is 11.6. The number of hydrogen-bond acceptors (Lipinski definition) is 6. The SMILES string of the molecule is Cc1noc2c1-c1sc(C)c(C)c1C(c1ccn(C)n1)=N[C@H]2CC(N)=O. The van der Waals surface area contributed by atoms with E-state index >= 15 is 0 Å². The van der Waals surface area contributed by atoms with E-state index in [0.717, 1.165) is 38.7 Å². The summed E-state index contributed by atoms with van der Waals surface area (Å²) >= 11 is 1.69. The van der Waals surface area contributed by atoms with Gasteiger partial charge in [0.1, 0.15) is 11.7 Å². The molecule has 0 saturated carbocycles. The van der Waals surface area contributed by atoms with Crippen LogP contribution in [0.25, 0.3) is 10.4 Å². The van der Waals surface area contributed by atoms with Gasteiger partial charge in [-0.25, -0.2) is 0 Å². The van der Waals surface area contributed by atoms with Gasteiger partial charge in [0.25, 0.3) is 0 Å². The predicted molar refractivity (Wildman–Crippen MR) is 99.4 cm³/mol. The number of nitrogens with zero attached hydrogens (tertiary/aromatic N) is 4. The lowest BCUT2D eigenvalue weighted by Crippen LogP contribution is -2.15. The summed E-state index contributed by atoms with van der Waals surface area (Å²) in [4.78, 5) is 18.8. The fraction of sp³-hybridized carbons (Fsp3) is 0.333. The Labute approximate surface area is 154 Å². The molecule has 26 heavy (non-hydrogen) atoms. The first-order valence-electron chi connectivity index (χ1n) is 8.29. The van der Waals surface area contributed by atoms with Crippen LogP contribution >= 0.6 is 11.3 Å². The first-order chi connectivity index (χ1) is 12.4. The zero-order valence-electron chi connectivity index (χ0n) is 15.0. The third-order valence-corrected chi connectivity index (χ3v) is 5.90. The van der Waals surface area contributed by atoms with E-state index in [9.17, 15) is 4.79 Å². The van der Waals surface area contributed by atoms with Gasteiger partial charge in [0, 0.05) is 28.6 Å². The maximum atomic E-state index is 11.6. The van der Waals surface area contributed by atoms with Gasteiger partial charge in [0.2, 0.25) is 5.91 Å². The van der Waals surface area contributed by atoms with Crippen LogP contribution in [0.4, 0.5) is 0 Å². The van der Waals surface area contributed by atoms with Gasteiger partial charge in [0.05, 0.1) is 23.4 Å². The number of fused-ring (bicyclic) bond motifs is 3. The molecule has 1 amide bonds. The van der Waals surface area contributed by atoms with Gasteiger partial charge in [-0.3, -0.25) is 14.5 Å². The van der Waals surface area contributed by atoms with Gasteiger partial charge in [-0.2, -0.15) is 5.10 Å². The minimum atomic E-state index is -0.514. The fourth-order valence-electron chi connectivity index (χ4n) is 3.32. The molecule has 1 aliphatic heterocycles. The molecule has 3 aromatic heterocycles. The van der Waals surface area contributed by atoms with Crippen LogP contribution in [-0.2, 0) is 11.8 Å². The molecule has 4 heterocycles. The molecule has 3 aromatic rings. The molecule has 0 aliphatic carbocycles. The van der Waals surface area contributed by atoms with Crippen molar-refractivity contribution in [3.63, 3.8) is 0 Å². The summed E-state index contributed by atoms with van der Waals surface area (Å²) < 4.78 is 7.33. The first kappa shape index (κ1) is 16.7. The summed E-state index contributed by atoms with van der Waals surface area (Å²) in [6.07, 6.45) is 1.94. The van der Waals surface area contributed by atoms with Crippen LogP contribution in [0, 0.1) is 20.8 Å². The van der Waals surface area contributed by atoms with Gasteiger partial charge in [-0.05, 0) is 32.4 Å². The molecule has 1 atom stereocenters. The number of aliphatic imine (C=N–C) groups is 1. The van der Waals surface area contributed by atoms with Crippen LogP contribution in [0.5, 0.6) is 0 Å². The Morgan fingerprint density at radius 1 is 1.35 bits per heavy atom. The highest BCUT2D eigenvalue weighted by Crippen LogP contribution is 2.46. The van der Waals surface area contributed by atoms with Crippen molar-refractivity contribution in [3.8, 4) is 10.4 Å². The minimum absolute atomic E-state index is 0.0605. The van der Waals surface area contributed by atoms with E-state index in [-0.39, 0.29) is 6.42 Å². The molecule has 0 radical (unpaired) electrons. The average Bonchev–Trinajstić information content (AvgIpc) is 3.21. The largest absolute Gasteiger partial charge is 0.370 e. The van der Waals surface area contributed by atoms with Crippen molar-refractivity contribution in [1.29, 1.82) is 0 Å². The van der Waals surface area contributed by atoms with E-state index < -0.39 is 11.9 Å². The number of aryl methyl sites for hydroxylation is 3. The lowest BCUT2D eigenvalue weighted by atomic mass is 9.99. The van der Waals surface area contributed by atoms with Crippen molar-refractivity contribution in [1.82, 2.24) is 14.9 Å². The first-order valence-corrected chi connectivity index (χ1v) is 9.11. The monoisotopic (exact) mass is 369 g/mol. The van der Waals surface area contributed by atoms with E-state index in [1.807, 2.05) is 26.2 Å². The highest BCUT2D eigenvalue weighted by atomic mass is 32.1. The Balaban J connectivity index is 2.05. The average molecular weight is 369 g/mol. The molecule has 0 spiro atoms. The highest BCUT2D eigenvalue weighted by molar-refractivity contribution is 7.16. The van der Waals surface area contributed by atoms with Crippen LogP contribution < -0.4 is 5.73 Å². The molecule has 134 valence electrons. The summed E-state index contributed by atoms with van der Waals surface area (Å²) in [7, 11) is 1.87. The normalized spacial score (nSPS) is 16.0. The van der Waals surface area contributed by atoms with Crippen molar-refractivity contribution >= 4 is 23.0 Å². The van der Waals surface area contributed by atoms with Gasteiger partial charge >= 0.3 is 0 Å². The van der Waals surface area contributed by atoms with E-state index in [1.54, 1.807) is 16.0 Å². The topological polar surface area (TPSA) is 99.3 Å². The molecule has 4 rings (SSSR count). The smallest absolute Gasteiger partial charge is 0.220 e. The van der Waals surface area contributed by atoms with Crippen molar-refractivity contribution < 1.29 is 9.32 Å². The Hall–Kier alpha value is -2.74. The van der Waals surface area contributed by atoms with E-state index in [1.165, 1.54) is 4.88 Å². The third-order valence-electron chi connectivity index (χ3n) is 4.68. The summed E-state index contributed by atoms with van der Waals surface area (Å²) in [5.41, 5.74) is 10.9. The number of thiophene rings is 1. The Kier molecular flexibility index (Phi) is 3.80. The molecule has 0 unspecified atom stereocenters. The molecule has 0 aromatic carbocycles. The Bertz CT molecular complexity index is 1060. The third kappa shape index (κ3) is 2.48. The van der Waals surface area contributed by atoms with Crippen LogP contribution in [-0.4, -0.2) is 26.6 Å². The second-order valence-corrected chi connectivity index (χ2v) is 7.76. The molecular weight excluding hydrogens is 350 g/mol. The lowest BCUT2D eigenvalue weighted by molar-refractivity contribution is -0.118. The number of carbonyl (C=O) groups excluding carboxylic acids is 1. The zero-order chi connectivity index (χ0) is 18.6. The number of primary amides is 1. The Morgan fingerprint density at radius 2 is 2.12 bits per heavy atom. The standard InChI is InChI=1S/C18H19N5O2S/c1-8-10(3)26-18-14(8)16(11-5-6-23(4)21-11)20-12(7-13(19)24)17-15(18)9(2)22-25-17/h5-6,12H,7H2,1-4H3,(H2,19,24)/t12-/m0/s1. The number of amides is 1. The molecule has 0 bridgehead atoms. The predicted octanol–water partition coefficient (Wildman–Crippen LogP) is 2.83. The van der Waals surface area contributed by atoms with E-state index in [4.69, 9.17) is 15.2 Å². The summed E-state index contributed by atoms with van der Waals surface area (Å²) in [5.74, 6) is 0.159. The summed E-state index contributed by atoms with van der Waals surface area (Å²) in [6.45, 7) is 6.08. The zero-order valence-corrected chi connectivity index (χ0v) is 15.8. The number of rotatable bonds is 3. The number of nitrogens with two attached hydrogens (primary N) is 1. The molecule has 0 saturated heterocycles. The van der Waals surface area contributed by atoms with Crippen LogP contribution in [0.2, 0.25) is 0 Å². The Morgan fingerprint density at radius 3 is 2.77 bits per heavy atom. The lowest BCUT2D eigenvalue weighted by Gasteiger charge is -2.09. The van der Waals surface area contributed by atoms with Gasteiger partial charge in [-0.15, -0.1) is 11.3 Å². The van der Waals surface area contributed by atoms with Crippen LogP contribution in [0.3, 0.4) is 0 Å². The van der Waals surface area contributed by atoms with Crippen LogP contribution in [0.15, 0.2) is 21.8 Å². The molecule has 2 N–H and O–H groups in total. The van der Waals surface area contributed by atoms with E-state index in [0.29, 0.717) is 5.76 Å². The second-order valence-electron chi connectivity index (χ2n) is 6.53. The minimum Gasteiger partial charge on any atom is -0.370 e. The van der Waals surface area contributed by atoms with Gasteiger partial charge in [-0.1, -0.05) is 5.16 Å². The maximum Gasteiger partial charge on any atom is 0.220 e. The number of carbonyl (C=O) groups is 1. The van der Waals surface area contributed by atoms with Crippen LogP contribution in [0.1, 0.15) is 45.6 Å². The molecule has 1 aliphatic rings. The fourth-order valence-corrected chi connectivity index (χ4v) is 4.59. The second kappa shape index (κ2) is 5.91. The highest BCUT2D eigenvalue weighted by Gasteiger charge is 2.34. The van der Waals surface area contributed by atoms with Crippen molar-refractivity contribution in [3.05, 3.63) is 45.4 Å². The van der Waals surface area contributed by atoms with Gasteiger partial charge < -0.3 is 10.3 Å². The molecular formula is C18H19N5O2S. The van der Waals surface area contributed by atoms with Crippen molar-refractivity contribution in [2.45, 2.75) is 33.2 Å². The summed E-state index contributed by atoms with van der Waals surface area (Å²) in [6, 6.07) is 1.41. The quantitative estimate of drug-likeness (QED) is 0.767. The molecule has 8 heteroatoms. The number of hydrogen-bond donors (Lipinski definition) is 1. The summed E-state index contributed by atoms with van der Waals surface area (Å²) in [5, 5.41) is 8.66.